The Morgan fingerprint density at radius 2 is 2.35 bits per heavy atom. The smallest absolute Gasteiger partial charge is 0.0950 e. The lowest BCUT2D eigenvalue weighted by Crippen LogP contribution is -2.31. The molecule has 3 nitrogen and oxygen atoms in total. The van der Waals surface area contributed by atoms with E-state index in [2.05, 4.69) is 29.5 Å². The zero-order valence-corrected chi connectivity index (χ0v) is 10.8. The van der Waals surface area contributed by atoms with Gasteiger partial charge >= 0.3 is 0 Å². The molecule has 2 aromatic rings. The lowest BCUT2D eigenvalue weighted by Gasteiger charge is -2.25. The minimum atomic E-state index is 0.244. The minimum absolute atomic E-state index is 0.244. The first kappa shape index (κ1) is 12.4. The number of furan rings is 1. The molecule has 4 heteroatoms. The zero-order valence-electron chi connectivity index (χ0n) is 10.0. The molecule has 1 atom stereocenters. The normalized spacial score (nSPS) is 13.1. The predicted molar refractivity (Wildman–Crippen MR) is 71.2 cm³/mol. The summed E-state index contributed by atoms with van der Waals surface area (Å²) >= 11 is 1.81. The van der Waals surface area contributed by atoms with Gasteiger partial charge in [0, 0.05) is 29.6 Å². The van der Waals surface area contributed by atoms with Crippen LogP contribution in [-0.2, 0) is 6.42 Å². The van der Waals surface area contributed by atoms with Gasteiger partial charge in [0.15, 0.2) is 0 Å². The van der Waals surface area contributed by atoms with Crippen molar-refractivity contribution >= 4 is 11.3 Å². The molecule has 0 fully saturated rings. The molecule has 2 aromatic heterocycles. The van der Waals surface area contributed by atoms with Gasteiger partial charge in [0.1, 0.15) is 0 Å². The lowest BCUT2D eigenvalue weighted by molar-refractivity contribution is 0.252. The van der Waals surface area contributed by atoms with Gasteiger partial charge in [0.2, 0.25) is 0 Å². The maximum Gasteiger partial charge on any atom is 0.0950 e. The Kier molecular flexibility index (Phi) is 4.36. The van der Waals surface area contributed by atoms with E-state index >= 15 is 0 Å². The van der Waals surface area contributed by atoms with Crippen LogP contribution in [0.4, 0.5) is 0 Å². The fourth-order valence-electron chi connectivity index (χ4n) is 1.93. The van der Waals surface area contributed by atoms with Gasteiger partial charge in [0.25, 0.3) is 0 Å². The van der Waals surface area contributed by atoms with Gasteiger partial charge in [-0.1, -0.05) is 6.07 Å². The van der Waals surface area contributed by atoms with E-state index in [0.29, 0.717) is 6.54 Å². The van der Waals surface area contributed by atoms with E-state index < -0.39 is 0 Å². The van der Waals surface area contributed by atoms with Crippen molar-refractivity contribution in [2.24, 2.45) is 5.73 Å². The van der Waals surface area contributed by atoms with Crippen LogP contribution < -0.4 is 5.73 Å². The Morgan fingerprint density at radius 3 is 2.94 bits per heavy atom. The number of thiophene rings is 1. The van der Waals surface area contributed by atoms with Crippen LogP contribution in [0.1, 0.15) is 16.5 Å². The lowest BCUT2D eigenvalue weighted by atomic mass is 10.1. The van der Waals surface area contributed by atoms with Crippen LogP contribution in [0.3, 0.4) is 0 Å². The quantitative estimate of drug-likeness (QED) is 0.856. The molecule has 2 heterocycles. The Balaban J connectivity index is 1.91. The van der Waals surface area contributed by atoms with E-state index in [4.69, 9.17) is 10.2 Å². The summed E-state index contributed by atoms with van der Waals surface area (Å²) in [5.74, 6) is 0. The highest BCUT2D eigenvalue weighted by Crippen LogP contribution is 2.19. The molecule has 2 rings (SSSR count). The van der Waals surface area contributed by atoms with Crippen LogP contribution in [0.25, 0.3) is 0 Å². The van der Waals surface area contributed by atoms with Crippen molar-refractivity contribution in [2.75, 3.05) is 20.1 Å². The fourth-order valence-corrected chi connectivity index (χ4v) is 2.63. The second-order valence-electron chi connectivity index (χ2n) is 4.12. The van der Waals surface area contributed by atoms with Crippen molar-refractivity contribution in [2.45, 2.75) is 12.5 Å². The Hall–Kier alpha value is -1.10. The van der Waals surface area contributed by atoms with Crippen molar-refractivity contribution < 1.29 is 4.42 Å². The van der Waals surface area contributed by atoms with Crippen LogP contribution in [0.2, 0.25) is 0 Å². The number of likely N-dealkylation sites (N-methyl/N-ethyl adjacent to an activating group) is 1. The second kappa shape index (κ2) is 6.00. The number of rotatable bonds is 6. The van der Waals surface area contributed by atoms with Crippen molar-refractivity contribution in [3.05, 3.63) is 46.5 Å². The van der Waals surface area contributed by atoms with Crippen molar-refractivity contribution in [1.82, 2.24) is 4.90 Å². The van der Waals surface area contributed by atoms with Crippen LogP contribution in [0.5, 0.6) is 0 Å². The average Bonchev–Trinajstić information content (AvgIpc) is 3.00. The zero-order chi connectivity index (χ0) is 12.1. The number of nitrogens with zero attached hydrogens (tertiary/aromatic N) is 1. The summed E-state index contributed by atoms with van der Waals surface area (Å²) in [6.07, 6.45) is 4.55. The highest BCUT2D eigenvalue weighted by molar-refractivity contribution is 7.09. The molecule has 0 spiro atoms. The maximum absolute atomic E-state index is 5.83. The van der Waals surface area contributed by atoms with E-state index in [1.807, 2.05) is 6.07 Å². The van der Waals surface area contributed by atoms with E-state index in [1.54, 1.807) is 23.9 Å². The molecule has 0 aliphatic rings. The predicted octanol–water partition coefficient (Wildman–Crippen LogP) is 2.52. The van der Waals surface area contributed by atoms with E-state index in [0.717, 1.165) is 18.5 Å². The summed E-state index contributed by atoms with van der Waals surface area (Å²) in [5.41, 5.74) is 6.99. The summed E-state index contributed by atoms with van der Waals surface area (Å²) < 4.78 is 5.12. The summed E-state index contributed by atoms with van der Waals surface area (Å²) in [5, 5.41) is 2.12. The molecule has 1 unspecified atom stereocenters. The molecule has 0 aromatic carbocycles. The molecular formula is C13H18N2OS. The van der Waals surface area contributed by atoms with Crippen LogP contribution in [-0.4, -0.2) is 25.0 Å². The number of hydrogen-bond acceptors (Lipinski definition) is 4. The molecule has 0 bridgehead atoms. The molecule has 92 valence electrons. The molecule has 17 heavy (non-hydrogen) atoms. The molecule has 2 N–H and O–H groups in total. The standard InChI is InChI=1S/C13H18N2OS/c1-15(6-4-12-3-2-8-17-12)13(9-14)11-5-7-16-10-11/h2-3,5,7-8,10,13H,4,6,9,14H2,1H3. The first-order valence-corrected chi connectivity index (χ1v) is 6.64. The molecule has 0 aliphatic carbocycles. The Morgan fingerprint density at radius 1 is 1.47 bits per heavy atom. The third-order valence-electron chi connectivity index (χ3n) is 2.97. The first-order chi connectivity index (χ1) is 8.31. The SMILES string of the molecule is CN(CCc1cccs1)C(CN)c1ccoc1. The van der Waals surface area contributed by atoms with Gasteiger partial charge < -0.3 is 10.2 Å². The third-order valence-corrected chi connectivity index (χ3v) is 3.91. The molecule has 0 aliphatic heterocycles. The van der Waals surface area contributed by atoms with Gasteiger partial charge in [-0.05, 0) is 31.0 Å². The first-order valence-electron chi connectivity index (χ1n) is 5.76. The molecule has 0 saturated heterocycles. The third kappa shape index (κ3) is 3.19. The summed E-state index contributed by atoms with van der Waals surface area (Å²) in [6.45, 7) is 1.62. The van der Waals surface area contributed by atoms with Gasteiger partial charge in [-0.25, -0.2) is 0 Å². The highest BCUT2D eigenvalue weighted by Gasteiger charge is 2.16. The Bertz CT molecular complexity index is 411. The largest absolute Gasteiger partial charge is 0.472 e. The molecular weight excluding hydrogens is 232 g/mol. The van der Waals surface area contributed by atoms with Gasteiger partial charge in [-0.3, -0.25) is 4.90 Å². The number of nitrogens with two attached hydrogens (primary N) is 1. The topological polar surface area (TPSA) is 42.4 Å². The summed E-state index contributed by atoms with van der Waals surface area (Å²) in [4.78, 5) is 3.70. The van der Waals surface area contributed by atoms with Crippen molar-refractivity contribution in [3.63, 3.8) is 0 Å². The van der Waals surface area contributed by atoms with Crippen molar-refractivity contribution in [3.8, 4) is 0 Å². The monoisotopic (exact) mass is 250 g/mol. The second-order valence-corrected chi connectivity index (χ2v) is 5.15. The fraction of sp³-hybridized carbons (Fsp3) is 0.385. The summed E-state index contributed by atoms with van der Waals surface area (Å²) in [6, 6.07) is 6.50. The molecule has 0 amide bonds. The van der Waals surface area contributed by atoms with Gasteiger partial charge in [-0.15, -0.1) is 11.3 Å². The van der Waals surface area contributed by atoms with Crippen molar-refractivity contribution in [1.29, 1.82) is 0 Å². The number of hydrogen-bond donors (Lipinski definition) is 1. The Labute approximate surface area is 106 Å². The van der Waals surface area contributed by atoms with E-state index in [-0.39, 0.29) is 6.04 Å². The maximum atomic E-state index is 5.83. The van der Waals surface area contributed by atoms with Crippen LogP contribution in [0.15, 0.2) is 40.5 Å². The van der Waals surface area contributed by atoms with Gasteiger partial charge in [-0.2, -0.15) is 0 Å². The van der Waals surface area contributed by atoms with Gasteiger partial charge in [0.05, 0.1) is 12.5 Å². The summed E-state index contributed by atoms with van der Waals surface area (Å²) in [7, 11) is 2.11. The minimum Gasteiger partial charge on any atom is -0.472 e. The van der Waals surface area contributed by atoms with Crippen LogP contribution in [0, 0.1) is 0 Å². The highest BCUT2D eigenvalue weighted by atomic mass is 32.1. The molecule has 0 radical (unpaired) electrons. The van der Waals surface area contributed by atoms with E-state index in [9.17, 15) is 0 Å². The molecule has 0 saturated carbocycles. The van der Waals surface area contributed by atoms with Crippen LogP contribution >= 0.6 is 11.3 Å². The van der Waals surface area contributed by atoms with E-state index in [1.165, 1.54) is 4.88 Å². The average molecular weight is 250 g/mol.